The molecule has 1 aromatic rings. The highest BCUT2D eigenvalue weighted by molar-refractivity contribution is 8.00. The molecule has 0 saturated heterocycles. The average molecular weight is 332 g/mol. The Bertz CT molecular complexity index is 558. The predicted molar refractivity (Wildman–Crippen MR) is 89.1 cm³/mol. The molecule has 0 atom stereocenters. The number of hydrogen-bond donors (Lipinski definition) is 2. The highest BCUT2D eigenvalue weighted by Crippen LogP contribution is 2.30. The number of nitrogens with one attached hydrogen (secondary N) is 1. The van der Waals surface area contributed by atoms with Crippen LogP contribution in [0.3, 0.4) is 0 Å². The van der Waals surface area contributed by atoms with Crippen molar-refractivity contribution in [3.63, 3.8) is 0 Å². The van der Waals surface area contributed by atoms with Gasteiger partial charge in [-0.05, 0) is 49.3 Å². The number of hydrogen-bond acceptors (Lipinski definition) is 4. The molecule has 21 heavy (non-hydrogen) atoms. The van der Waals surface area contributed by atoms with E-state index >= 15 is 0 Å². The number of benzene rings is 1. The van der Waals surface area contributed by atoms with E-state index in [1.807, 2.05) is 13.2 Å². The lowest BCUT2D eigenvalue weighted by molar-refractivity contribution is 0.280. The van der Waals surface area contributed by atoms with Gasteiger partial charge in [-0.3, -0.25) is 0 Å². The Morgan fingerprint density at radius 3 is 2.38 bits per heavy atom. The molecule has 0 amide bonds. The zero-order valence-corrected chi connectivity index (χ0v) is 14.8. The summed E-state index contributed by atoms with van der Waals surface area (Å²) in [5.41, 5.74) is 1.53. The van der Waals surface area contributed by atoms with E-state index in [9.17, 15) is 13.5 Å². The van der Waals surface area contributed by atoms with Crippen molar-refractivity contribution < 1.29 is 13.5 Å². The van der Waals surface area contributed by atoms with Gasteiger partial charge < -0.3 is 5.11 Å². The van der Waals surface area contributed by atoms with Gasteiger partial charge in [-0.2, -0.15) is 11.8 Å². The molecule has 4 nitrogen and oxygen atoms in total. The van der Waals surface area contributed by atoms with E-state index in [2.05, 4.69) is 18.6 Å². The lowest BCUT2D eigenvalue weighted by atomic mass is 10.0. The summed E-state index contributed by atoms with van der Waals surface area (Å²) >= 11 is 1.70. The van der Waals surface area contributed by atoms with Gasteiger partial charge in [0, 0.05) is 11.3 Å². The summed E-state index contributed by atoms with van der Waals surface area (Å²) in [4.78, 5) is 0.208. The normalized spacial score (nSPS) is 12.6. The summed E-state index contributed by atoms with van der Waals surface area (Å²) in [6.07, 6.45) is 3.82. The van der Waals surface area contributed by atoms with E-state index < -0.39 is 10.0 Å². The van der Waals surface area contributed by atoms with Crippen molar-refractivity contribution >= 4 is 21.8 Å². The van der Waals surface area contributed by atoms with Crippen molar-refractivity contribution in [2.24, 2.45) is 0 Å². The summed E-state index contributed by atoms with van der Waals surface area (Å²) in [6.45, 7) is 6.25. The van der Waals surface area contributed by atoms with E-state index in [-0.39, 0.29) is 16.2 Å². The first-order chi connectivity index (χ1) is 9.84. The number of rotatable bonds is 8. The van der Waals surface area contributed by atoms with Crippen molar-refractivity contribution in [2.75, 3.05) is 12.8 Å². The first-order valence-corrected chi connectivity index (χ1v) is 9.80. The molecule has 0 bridgehead atoms. The summed E-state index contributed by atoms with van der Waals surface area (Å²) < 4.78 is 27.4. The first-order valence-electron chi connectivity index (χ1n) is 7.09. The first kappa shape index (κ1) is 18.5. The van der Waals surface area contributed by atoms with E-state index in [1.54, 1.807) is 23.9 Å². The third-order valence-corrected chi connectivity index (χ3v) is 7.09. The van der Waals surface area contributed by atoms with Crippen molar-refractivity contribution in [1.82, 2.24) is 4.72 Å². The van der Waals surface area contributed by atoms with Crippen molar-refractivity contribution in [3.8, 4) is 0 Å². The third-order valence-electron chi connectivity index (χ3n) is 4.11. The average Bonchev–Trinajstić information content (AvgIpc) is 2.49. The molecular formula is C15H25NO3S2. The zero-order chi connectivity index (χ0) is 16.1. The summed E-state index contributed by atoms with van der Waals surface area (Å²) in [5, 5.41) is 9.26. The minimum atomic E-state index is -3.55. The Labute approximate surface area is 132 Å². The number of sulfonamides is 1. The minimum absolute atomic E-state index is 0.0718. The molecule has 120 valence electrons. The van der Waals surface area contributed by atoms with Crippen molar-refractivity contribution in [2.45, 2.75) is 49.9 Å². The quantitative estimate of drug-likeness (QED) is 0.768. The number of aliphatic hydroxyl groups excluding tert-OH is 1. The lowest BCUT2D eigenvalue weighted by Crippen LogP contribution is -2.39. The Kier molecular flexibility index (Phi) is 6.71. The van der Waals surface area contributed by atoms with Crippen LogP contribution in [0.4, 0.5) is 0 Å². The molecule has 0 aliphatic heterocycles. The SMILES string of the molecule is CCC(CC)(CNS(=O)(=O)c1ccc(C)c(CO)c1)SC. The number of thioether (sulfide) groups is 1. The highest BCUT2D eigenvalue weighted by Gasteiger charge is 2.27. The van der Waals surface area contributed by atoms with Gasteiger partial charge in [0.2, 0.25) is 10.0 Å². The van der Waals surface area contributed by atoms with Gasteiger partial charge in [0.25, 0.3) is 0 Å². The van der Waals surface area contributed by atoms with Crippen LogP contribution < -0.4 is 4.72 Å². The molecule has 2 N–H and O–H groups in total. The molecular weight excluding hydrogens is 306 g/mol. The molecule has 0 aliphatic carbocycles. The molecule has 0 unspecified atom stereocenters. The predicted octanol–water partition coefficient (Wildman–Crippen LogP) is 2.69. The van der Waals surface area contributed by atoms with Crippen molar-refractivity contribution in [3.05, 3.63) is 29.3 Å². The van der Waals surface area contributed by atoms with E-state index in [4.69, 9.17) is 0 Å². The largest absolute Gasteiger partial charge is 0.392 e. The van der Waals surface area contributed by atoms with Crippen LogP contribution in [0.5, 0.6) is 0 Å². The molecule has 0 aliphatic rings. The smallest absolute Gasteiger partial charge is 0.240 e. The summed E-state index contributed by atoms with van der Waals surface area (Å²) in [5.74, 6) is 0. The van der Waals surface area contributed by atoms with Gasteiger partial charge in [-0.25, -0.2) is 13.1 Å². The topological polar surface area (TPSA) is 66.4 Å². The molecule has 0 radical (unpaired) electrons. The lowest BCUT2D eigenvalue weighted by Gasteiger charge is -2.29. The fraction of sp³-hybridized carbons (Fsp3) is 0.600. The highest BCUT2D eigenvalue weighted by atomic mass is 32.2. The van der Waals surface area contributed by atoms with E-state index in [0.29, 0.717) is 12.1 Å². The summed E-state index contributed by atoms with van der Waals surface area (Å²) in [6, 6.07) is 4.84. The Balaban J connectivity index is 2.97. The molecule has 0 heterocycles. The van der Waals surface area contributed by atoms with Gasteiger partial charge in [-0.15, -0.1) is 0 Å². The standard InChI is InChI=1S/C15H25NO3S2/c1-5-15(6-2,20-4)11-16-21(18,19)14-8-7-12(3)13(9-14)10-17/h7-9,16-17H,5-6,10-11H2,1-4H3. The maximum Gasteiger partial charge on any atom is 0.240 e. The summed E-state index contributed by atoms with van der Waals surface area (Å²) in [7, 11) is -3.55. The minimum Gasteiger partial charge on any atom is -0.392 e. The molecule has 0 saturated carbocycles. The van der Waals surface area contributed by atoms with Gasteiger partial charge in [0.15, 0.2) is 0 Å². The van der Waals surface area contributed by atoms with Crippen molar-refractivity contribution in [1.29, 1.82) is 0 Å². The molecule has 0 aromatic heterocycles. The third kappa shape index (κ3) is 4.45. The van der Waals surface area contributed by atoms with Crippen LogP contribution in [-0.2, 0) is 16.6 Å². The number of aliphatic hydroxyl groups is 1. The van der Waals surface area contributed by atoms with Gasteiger partial charge in [-0.1, -0.05) is 19.9 Å². The van der Waals surface area contributed by atoms with Gasteiger partial charge >= 0.3 is 0 Å². The van der Waals surface area contributed by atoms with E-state index in [0.717, 1.165) is 18.4 Å². The van der Waals surface area contributed by atoms with Crippen LogP contribution in [0.25, 0.3) is 0 Å². The second-order valence-electron chi connectivity index (χ2n) is 5.17. The second kappa shape index (κ2) is 7.63. The van der Waals surface area contributed by atoms with Crippen LogP contribution in [0.15, 0.2) is 23.1 Å². The molecule has 1 rings (SSSR count). The van der Waals surface area contributed by atoms with Gasteiger partial charge in [0.05, 0.1) is 11.5 Å². The van der Waals surface area contributed by atoms with Crippen LogP contribution in [0.2, 0.25) is 0 Å². The monoisotopic (exact) mass is 331 g/mol. The molecule has 0 spiro atoms. The van der Waals surface area contributed by atoms with Crippen LogP contribution in [0, 0.1) is 6.92 Å². The fourth-order valence-corrected chi connectivity index (χ4v) is 4.22. The Morgan fingerprint density at radius 1 is 1.29 bits per heavy atom. The Hall–Kier alpha value is -0.560. The second-order valence-corrected chi connectivity index (χ2v) is 8.21. The Morgan fingerprint density at radius 2 is 1.90 bits per heavy atom. The zero-order valence-electron chi connectivity index (χ0n) is 13.1. The van der Waals surface area contributed by atoms with Gasteiger partial charge in [0.1, 0.15) is 0 Å². The van der Waals surface area contributed by atoms with Crippen LogP contribution in [0.1, 0.15) is 37.8 Å². The van der Waals surface area contributed by atoms with E-state index in [1.165, 1.54) is 6.07 Å². The molecule has 1 aromatic carbocycles. The van der Waals surface area contributed by atoms with Crippen LogP contribution >= 0.6 is 11.8 Å². The van der Waals surface area contributed by atoms with Crippen LogP contribution in [-0.4, -0.2) is 31.1 Å². The number of aryl methyl sites for hydroxylation is 1. The maximum atomic E-state index is 12.4. The molecule has 6 heteroatoms. The fourth-order valence-electron chi connectivity index (χ4n) is 2.16. The maximum absolute atomic E-state index is 12.4. The molecule has 0 fully saturated rings.